The molecule has 0 spiro atoms. The number of piperidine rings is 1. The van der Waals surface area contributed by atoms with E-state index in [0.717, 1.165) is 53.6 Å². The van der Waals surface area contributed by atoms with Crippen molar-refractivity contribution in [3.8, 4) is 11.1 Å². The SMILES string of the molecule is Cc1sc2c(c1C)C(c1ccc(C#N)cc1)=N[C@@H](CC(=O)N1CCCCC1)c1nnc(C)n1-2. The summed E-state index contributed by atoms with van der Waals surface area (Å²) < 4.78 is 2.08. The summed E-state index contributed by atoms with van der Waals surface area (Å²) in [4.78, 5) is 21.6. The largest absolute Gasteiger partial charge is 0.343 e. The van der Waals surface area contributed by atoms with E-state index in [-0.39, 0.29) is 12.3 Å². The fraction of sp³-hybridized carbons (Fsp3) is 0.400. The van der Waals surface area contributed by atoms with Gasteiger partial charge in [-0.15, -0.1) is 21.5 Å². The van der Waals surface area contributed by atoms with Crippen molar-refractivity contribution in [2.45, 2.75) is 52.5 Å². The number of aryl methyl sites for hydroxylation is 2. The molecule has 2 aliphatic rings. The third-order valence-electron chi connectivity index (χ3n) is 6.60. The summed E-state index contributed by atoms with van der Waals surface area (Å²) in [5.74, 6) is 1.62. The average Bonchev–Trinajstić information content (AvgIpc) is 3.31. The number of amides is 1. The highest BCUT2D eigenvalue weighted by Crippen LogP contribution is 2.39. The smallest absolute Gasteiger partial charge is 0.225 e. The zero-order valence-electron chi connectivity index (χ0n) is 19.1. The Morgan fingerprint density at radius 2 is 1.85 bits per heavy atom. The molecule has 7 nitrogen and oxygen atoms in total. The fourth-order valence-electron chi connectivity index (χ4n) is 4.67. The molecule has 0 unspecified atom stereocenters. The highest BCUT2D eigenvalue weighted by atomic mass is 32.1. The van der Waals surface area contributed by atoms with E-state index in [0.29, 0.717) is 11.4 Å². The van der Waals surface area contributed by atoms with Crippen molar-refractivity contribution in [2.75, 3.05) is 13.1 Å². The highest BCUT2D eigenvalue weighted by Gasteiger charge is 2.33. The Morgan fingerprint density at radius 1 is 1.12 bits per heavy atom. The lowest BCUT2D eigenvalue weighted by atomic mass is 9.98. The molecule has 1 saturated heterocycles. The molecular weight excluding hydrogens is 432 g/mol. The summed E-state index contributed by atoms with van der Waals surface area (Å²) in [7, 11) is 0. The maximum absolute atomic E-state index is 13.2. The molecule has 0 bridgehead atoms. The summed E-state index contributed by atoms with van der Waals surface area (Å²) in [6, 6.07) is 9.27. The van der Waals surface area contributed by atoms with Gasteiger partial charge in [0.1, 0.15) is 16.9 Å². The van der Waals surface area contributed by atoms with Gasteiger partial charge < -0.3 is 4.90 Å². The zero-order chi connectivity index (χ0) is 23.1. The van der Waals surface area contributed by atoms with E-state index >= 15 is 0 Å². The Hall–Kier alpha value is -3.31. The normalized spacial score (nSPS) is 17.6. The Kier molecular flexibility index (Phi) is 5.59. The molecule has 1 atom stereocenters. The quantitative estimate of drug-likeness (QED) is 0.581. The van der Waals surface area contributed by atoms with Crippen molar-refractivity contribution in [2.24, 2.45) is 4.99 Å². The average molecular weight is 459 g/mol. The molecule has 5 rings (SSSR count). The van der Waals surface area contributed by atoms with Crippen LogP contribution in [0.2, 0.25) is 0 Å². The molecule has 0 radical (unpaired) electrons. The molecule has 4 heterocycles. The molecule has 0 aliphatic carbocycles. The van der Waals surface area contributed by atoms with Crippen molar-refractivity contribution in [1.82, 2.24) is 19.7 Å². The van der Waals surface area contributed by atoms with Crippen molar-refractivity contribution in [3.05, 3.63) is 63.0 Å². The van der Waals surface area contributed by atoms with Gasteiger partial charge in [-0.1, -0.05) is 12.1 Å². The predicted molar refractivity (Wildman–Crippen MR) is 128 cm³/mol. The van der Waals surface area contributed by atoms with E-state index in [9.17, 15) is 10.1 Å². The van der Waals surface area contributed by atoms with Crippen LogP contribution in [0.3, 0.4) is 0 Å². The van der Waals surface area contributed by atoms with Crippen LogP contribution in [0, 0.1) is 32.1 Å². The molecule has 33 heavy (non-hydrogen) atoms. The van der Waals surface area contributed by atoms with Gasteiger partial charge in [0.15, 0.2) is 5.82 Å². The molecule has 8 heteroatoms. The van der Waals surface area contributed by atoms with Gasteiger partial charge in [0.05, 0.1) is 23.8 Å². The second-order valence-electron chi connectivity index (χ2n) is 8.73. The molecule has 1 amide bonds. The number of carbonyl (C=O) groups excluding carboxylic acids is 1. The van der Waals surface area contributed by atoms with Crippen molar-refractivity contribution in [3.63, 3.8) is 0 Å². The van der Waals surface area contributed by atoms with Gasteiger partial charge in [-0.05, 0) is 57.7 Å². The minimum absolute atomic E-state index is 0.119. The minimum atomic E-state index is -0.425. The van der Waals surface area contributed by atoms with E-state index in [2.05, 4.69) is 34.7 Å². The number of benzene rings is 1. The summed E-state index contributed by atoms with van der Waals surface area (Å²) >= 11 is 1.70. The standard InChI is InChI=1S/C25H26N6OS/c1-15-16(2)33-25-22(15)23(19-9-7-18(14-26)8-10-19)27-20(24-29-28-17(3)31(24)25)13-21(32)30-11-5-4-6-12-30/h7-10,20H,4-6,11-13H2,1-3H3/t20-/m0/s1. The van der Waals surface area contributed by atoms with Crippen LogP contribution in [0.25, 0.3) is 5.00 Å². The third kappa shape index (κ3) is 3.76. The van der Waals surface area contributed by atoms with Gasteiger partial charge in [0.2, 0.25) is 5.91 Å². The summed E-state index contributed by atoms with van der Waals surface area (Å²) in [5.41, 5.74) is 4.61. The van der Waals surface area contributed by atoms with Crippen LogP contribution in [-0.4, -0.2) is 44.4 Å². The van der Waals surface area contributed by atoms with Crippen LogP contribution in [0.4, 0.5) is 0 Å². The Bertz CT molecular complexity index is 1290. The predicted octanol–water partition coefficient (Wildman–Crippen LogP) is 4.42. The van der Waals surface area contributed by atoms with E-state index in [4.69, 9.17) is 4.99 Å². The van der Waals surface area contributed by atoms with E-state index < -0.39 is 6.04 Å². The number of rotatable bonds is 3. The Morgan fingerprint density at radius 3 is 2.55 bits per heavy atom. The molecule has 168 valence electrons. The first-order valence-electron chi connectivity index (χ1n) is 11.4. The number of hydrogen-bond donors (Lipinski definition) is 0. The topological polar surface area (TPSA) is 87.2 Å². The first-order valence-corrected chi connectivity index (χ1v) is 12.2. The molecule has 0 N–H and O–H groups in total. The fourth-order valence-corrected chi connectivity index (χ4v) is 5.88. The minimum Gasteiger partial charge on any atom is -0.343 e. The number of likely N-dealkylation sites (tertiary alicyclic amines) is 1. The van der Waals surface area contributed by atoms with Gasteiger partial charge in [0, 0.05) is 29.1 Å². The lowest BCUT2D eigenvalue weighted by Gasteiger charge is -2.27. The van der Waals surface area contributed by atoms with E-state index in [1.807, 2.05) is 36.1 Å². The van der Waals surface area contributed by atoms with Gasteiger partial charge >= 0.3 is 0 Å². The number of fused-ring (bicyclic) bond motifs is 3. The molecule has 2 aromatic heterocycles. The molecule has 3 aromatic rings. The van der Waals surface area contributed by atoms with Crippen LogP contribution in [0.5, 0.6) is 0 Å². The summed E-state index contributed by atoms with van der Waals surface area (Å²) in [5, 5.41) is 19.1. The summed E-state index contributed by atoms with van der Waals surface area (Å²) in [6.45, 7) is 7.80. The van der Waals surface area contributed by atoms with E-state index in [1.54, 1.807) is 11.3 Å². The number of carbonyl (C=O) groups is 1. The third-order valence-corrected chi connectivity index (χ3v) is 7.80. The number of aromatic nitrogens is 3. The highest BCUT2D eigenvalue weighted by molar-refractivity contribution is 7.15. The zero-order valence-corrected chi connectivity index (χ0v) is 19.9. The number of aliphatic imine (C=N–C) groups is 1. The van der Waals surface area contributed by atoms with Crippen LogP contribution in [0.1, 0.15) is 70.5 Å². The van der Waals surface area contributed by atoms with Gasteiger partial charge in [0.25, 0.3) is 0 Å². The molecule has 2 aliphatic heterocycles. The van der Waals surface area contributed by atoms with Crippen molar-refractivity contribution < 1.29 is 4.79 Å². The summed E-state index contributed by atoms with van der Waals surface area (Å²) in [6.07, 6.45) is 3.56. The second kappa shape index (κ2) is 8.56. The Balaban J connectivity index is 1.66. The van der Waals surface area contributed by atoms with Crippen LogP contribution in [0.15, 0.2) is 29.3 Å². The molecular formula is C25H26N6OS. The van der Waals surface area contributed by atoms with Gasteiger partial charge in [-0.25, -0.2) is 0 Å². The first-order chi connectivity index (χ1) is 16.0. The maximum atomic E-state index is 13.2. The van der Waals surface area contributed by atoms with Gasteiger partial charge in [-0.3, -0.25) is 14.4 Å². The number of thiophene rings is 1. The molecule has 1 aromatic carbocycles. The number of nitriles is 1. The van der Waals surface area contributed by atoms with Crippen LogP contribution < -0.4 is 0 Å². The van der Waals surface area contributed by atoms with Crippen molar-refractivity contribution >= 4 is 23.0 Å². The van der Waals surface area contributed by atoms with E-state index in [1.165, 1.54) is 16.9 Å². The van der Waals surface area contributed by atoms with Gasteiger partial charge in [-0.2, -0.15) is 5.26 Å². The van der Waals surface area contributed by atoms with Crippen LogP contribution >= 0.6 is 11.3 Å². The van der Waals surface area contributed by atoms with Crippen molar-refractivity contribution in [1.29, 1.82) is 5.26 Å². The lowest BCUT2D eigenvalue weighted by molar-refractivity contribution is -0.132. The Labute approximate surface area is 197 Å². The number of nitrogens with zero attached hydrogens (tertiary/aromatic N) is 6. The molecule has 0 saturated carbocycles. The number of hydrogen-bond acceptors (Lipinski definition) is 6. The van der Waals surface area contributed by atoms with Crippen LogP contribution in [-0.2, 0) is 4.79 Å². The second-order valence-corrected chi connectivity index (χ2v) is 9.94. The monoisotopic (exact) mass is 458 g/mol. The maximum Gasteiger partial charge on any atom is 0.225 e. The molecule has 1 fully saturated rings. The lowest BCUT2D eigenvalue weighted by Crippen LogP contribution is -2.36. The first kappa shape index (κ1) is 21.5.